The second kappa shape index (κ2) is 11.2. The van der Waals surface area contributed by atoms with Crippen molar-refractivity contribution in [1.82, 2.24) is 4.98 Å². The van der Waals surface area contributed by atoms with Crippen molar-refractivity contribution in [3.8, 4) is 0 Å². The number of nitrogens with zero attached hydrogens (tertiary/aromatic N) is 1. The van der Waals surface area contributed by atoms with Gasteiger partial charge in [-0.1, -0.05) is 64.7 Å². The first-order chi connectivity index (χ1) is 10.6. The number of hydrogen-bond acceptors (Lipinski definition) is 1. The van der Waals surface area contributed by atoms with E-state index in [1.165, 1.54) is 80.9 Å². The molecule has 0 saturated heterocycles. The van der Waals surface area contributed by atoms with Gasteiger partial charge in [-0.05, 0) is 66.2 Å². The van der Waals surface area contributed by atoms with Crippen LogP contribution in [0.3, 0.4) is 0 Å². The normalized spacial score (nSPS) is 11.1. The second-order valence-electron chi connectivity index (χ2n) is 6.65. The summed E-state index contributed by atoms with van der Waals surface area (Å²) >= 11 is 3.64. The zero-order valence-corrected chi connectivity index (χ0v) is 16.7. The van der Waals surface area contributed by atoms with E-state index in [9.17, 15) is 0 Å². The van der Waals surface area contributed by atoms with Crippen LogP contribution in [0.25, 0.3) is 0 Å². The van der Waals surface area contributed by atoms with Gasteiger partial charge in [-0.3, -0.25) is 0 Å². The highest BCUT2D eigenvalue weighted by Crippen LogP contribution is 2.25. The summed E-state index contributed by atoms with van der Waals surface area (Å²) < 4.78 is 1.06. The molecule has 1 heterocycles. The number of halogens is 1. The van der Waals surface area contributed by atoms with E-state index in [0.29, 0.717) is 0 Å². The van der Waals surface area contributed by atoms with Gasteiger partial charge < -0.3 is 0 Å². The molecule has 0 unspecified atom stereocenters. The van der Waals surface area contributed by atoms with Gasteiger partial charge >= 0.3 is 0 Å². The Hall–Kier alpha value is -0.370. The van der Waals surface area contributed by atoms with E-state index in [-0.39, 0.29) is 0 Å². The molecule has 0 aliphatic rings. The Morgan fingerprint density at radius 2 is 1.23 bits per heavy atom. The van der Waals surface area contributed by atoms with E-state index >= 15 is 0 Å². The van der Waals surface area contributed by atoms with Crippen molar-refractivity contribution in [2.75, 3.05) is 0 Å². The highest BCUT2D eigenvalue weighted by molar-refractivity contribution is 9.10. The first-order valence-electron chi connectivity index (χ1n) is 9.20. The molecule has 0 spiro atoms. The van der Waals surface area contributed by atoms with Crippen molar-refractivity contribution in [2.24, 2.45) is 0 Å². The van der Waals surface area contributed by atoms with Crippen LogP contribution in [-0.4, -0.2) is 4.98 Å². The molecule has 0 amide bonds. The van der Waals surface area contributed by atoms with Crippen molar-refractivity contribution in [3.63, 3.8) is 0 Å². The summed E-state index contributed by atoms with van der Waals surface area (Å²) in [5.74, 6) is 0. The number of aromatic nitrogens is 1. The summed E-state index contributed by atoms with van der Waals surface area (Å²) in [6.07, 6.45) is 15.1. The topological polar surface area (TPSA) is 12.9 Å². The Morgan fingerprint density at radius 3 is 1.77 bits per heavy atom. The van der Waals surface area contributed by atoms with Crippen LogP contribution in [0.5, 0.6) is 0 Å². The highest BCUT2D eigenvalue weighted by Gasteiger charge is 2.10. The monoisotopic (exact) mass is 367 g/mol. The van der Waals surface area contributed by atoms with Crippen molar-refractivity contribution >= 4 is 15.9 Å². The lowest BCUT2D eigenvalue weighted by molar-refractivity contribution is 0.556. The molecule has 0 saturated carbocycles. The van der Waals surface area contributed by atoms with Gasteiger partial charge in [0.15, 0.2) is 0 Å². The van der Waals surface area contributed by atoms with Gasteiger partial charge in [-0.2, -0.15) is 0 Å². The average molecular weight is 368 g/mol. The minimum atomic E-state index is 1.06. The van der Waals surface area contributed by atoms with Crippen LogP contribution in [-0.2, 0) is 6.42 Å². The Kier molecular flexibility index (Phi) is 10.0. The highest BCUT2D eigenvalue weighted by atomic mass is 79.9. The lowest BCUT2D eigenvalue weighted by Gasteiger charge is -2.13. The van der Waals surface area contributed by atoms with E-state index in [0.717, 1.165) is 16.7 Å². The fourth-order valence-electron chi connectivity index (χ4n) is 3.03. The lowest BCUT2D eigenvalue weighted by atomic mass is 9.99. The lowest BCUT2D eigenvalue weighted by Crippen LogP contribution is -2.00. The number of hydrogen-bond donors (Lipinski definition) is 0. The fraction of sp³-hybridized carbons (Fsp3) is 0.750. The molecule has 0 fully saturated rings. The summed E-state index contributed by atoms with van der Waals surface area (Å²) in [6.45, 7) is 8.80. The summed E-state index contributed by atoms with van der Waals surface area (Å²) in [6, 6.07) is 0. The van der Waals surface area contributed by atoms with Gasteiger partial charge in [0.1, 0.15) is 4.60 Å². The van der Waals surface area contributed by atoms with E-state index in [4.69, 9.17) is 0 Å². The molecule has 0 N–H and O–H groups in total. The van der Waals surface area contributed by atoms with Crippen molar-refractivity contribution in [2.45, 2.75) is 98.3 Å². The molecule has 0 atom stereocenters. The quantitative estimate of drug-likeness (QED) is 0.296. The van der Waals surface area contributed by atoms with Crippen molar-refractivity contribution < 1.29 is 0 Å². The summed E-state index contributed by atoms with van der Waals surface area (Å²) in [4.78, 5) is 4.61. The zero-order chi connectivity index (χ0) is 16.4. The Morgan fingerprint density at radius 1 is 0.727 bits per heavy atom. The number of aryl methyl sites for hydroxylation is 1. The number of unbranched alkanes of at least 4 members (excludes halogenated alkanes) is 9. The third-order valence-electron chi connectivity index (χ3n) is 4.85. The maximum Gasteiger partial charge on any atom is 0.109 e. The van der Waals surface area contributed by atoms with Gasteiger partial charge in [0.05, 0.1) is 0 Å². The van der Waals surface area contributed by atoms with Gasteiger partial charge in [-0.25, -0.2) is 4.98 Å². The fourth-order valence-corrected chi connectivity index (χ4v) is 3.79. The molecule has 1 aromatic rings. The molecule has 0 bridgehead atoms. The van der Waals surface area contributed by atoms with Crippen LogP contribution in [0.2, 0.25) is 0 Å². The first kappa shape index (κ1) is 19.7. The van der Waals surface area contributed by atoms with E-state index in [1.807, 2.05) is 0 Å². The molecule has 126 valence electrons. The van der Waals surface area contributed by atoms with Gasteiger partial charge in [-0.15, -0.1) is 0 Å². The standard InChI is InChI=1S/C20H34BrN/c1-5-6-7-8-9-10-11-12-13-14-15-19-17(3)16(2)18(4)22-20(19)21/h5-15H2,1-4H3. The smallest absolute Gasteiger partial charge is 0.109 e. The van der Waals surface area contributed by atoms with E-state index in [2.05, 4.69) is 48.6 Å². The van der Waals surface area contributed by atoms with Crippen LogP contribution >= 0.6 is 15.9 Å². The number of pyridine rings is 1. The molecule has 0 aliphatic carbocycles. The van der Waals surface area contributed by atoms with Crippen molar-refractivity contribution in [3.05, 3.63) is 27.0 Å². The molecule has 1 aromatic heterocycles. The molecule has 0 aliphatic heterocycles. The maximum atomic E-state index is 4.61. The molecule has 22 heavy (non-hydrogen) atoms. The van der Waals surface area contributed by atoms with E-state index in [1.54, 1.807) is 0 Å². The zero-order valence-electron chi connectivity index (χ0n) is 15.1. The SMILES string of the molecule is CCCCCCCCCCCCc1c(Br)nc(C)c(C)c1C. The third-order valence-corrected chi connectivity index (χ3v) is 5.51. The van der Waals surface area contributed by atoms with Crippen LogP contribution in [0.1, 0.15) is 93.5 Å². The third kappa shape index (κ3) is 6.81. The predicted molar refractivity (Wildman–Crippen MR) is 102 cm³/mol. The van der Waals surface area contributed by atoms with Crippen molar-refractivity contribution in [1.29, 1.82) is 0 Å². The van der Waals surface area contributed by atoms with E-state index < -0.39 is 0 Å². The summed E-state index contributed by atoms with van der Waals surface area (Å²) in [5, 5.41) is 0. The molecule has 1 nitrogen and oxygen atoms in total. The largest absolute Gasteiger partial charge is 0.246 e. The summed E-state index contributed by atoms with van der Waals surface area (Å²) in [5.41, 5.74) is 5.35. The minimum absolute atomic E-state index is 1.06. The molecule has 0 aromatic carbocycles. The average Bonchev–Trinajstić information content (AvgIpc) is 2.50. The predicted octanol–water partition coefficient (Wildman–Crippen LogP) is 7.23. The van der Waals surface area contributed by atoms with Crippen LogP contribution in [0.4, 0.5) is 0 Å². The van der Waals surface area contributed by atoms with Gasteiger partial charge in [0.25, 0.3) is 0 Å². The van der Waals surface area contributed by atoms with Gasteiger partial charge in [0.2, 0.25) is 0 Å². The molecular weight excluding hydrogens is 334 g/mol. The minimum Gasteiger partial charge on any atom is -0.246 e. The Balaban J connectivity index is 2.17. The summed E-state index contributed by atoms with van der Waals surface area (Å²) in [7, 11) is 0. The molecule has 1 rings (SSSR count). The molecular formula is C20H34BrN. The first-order valence-corrected chi connectivity index (χ1v) is 9.99. The van der Waals surface area contributed by atoms with Crippen LogP contribution in [0.15, 0.2) is 4.60 Å². The second-order valence-corrected chi connectivity index (χ2v) is 7.40. The van der Waals surface area contributed by atoms with Crippen LogP contribution < -0.4 is 0 Å². The Bertz CT molecular complexity index is 440. The number of rotatable bonds is 11. The maximum absolute atomic E-state index is 4.61. The van der Waals surface area contributed by atoms with Crippen LogP contribution in [0, 0.1) is 20.8 Å². The Labute approximate surface area is 146 Å². The molecule has 2 heteroatoms. The van der Waals surface area contributed by atoms with Gasteiger partial charge in [0, 0.05) is 5.69 Å². The molecule has 0 radical (unpaired) electrons.